The standard InChI is InChI=1S/C20H39O7P/c1-2-3-4-5-6-7-8-9-10-11-12-13-14-15-16-20(22)26-17-19(21)18-27-28(23,24)25/h7-8,19,21H,2-6,9-18H2,1H3,(H2,23,24,25)/b8-7-. The minimum Gasteiger partial charge on any atom is -0.463 e. The fourth-order valence-corrected chi connectivity index (χ4v) is 3.02. The van der Waals surface area contributed by atoms with E-state index in [1.54, 1.807) is 0 Å². The Morgan fingerprint density at radius 3 is 2.00 bits per heavy atom. The molecule has 0 saturated heterocycles. The zero-order chi connectivity index (χ0) is 21.1. The number of phosphoric acid groups is 1. The van der Waals surface area contributed by atoms with Gasteiger partial charge in [-0.25, -0.2) is 4.57 Å². The molecule has 0 heterocycles. The predicted molar refractivity (Wildman–Crippen MR) is 110 cm³/mol. The topological polar surface area (TPSA) is 113 Å². The molecule has 0 aromatic heterocycles. The van der Waals surface area contributed by atoms with Crippen molar-refractivity contribution >= 4 is 13.8 Å². The summed E-state index contributed by atoms with van der Waals surface area (Å²) in [5.41, 5.74) is 0. The van der Waals surface area contributed by atoms with Gasteiger partial charge in [0.15, 0.2) is 0 Å². The highest BCUT2D eigenvalue weighted by molar-refractivity contribution is 7.46. The highest BCUT2D eigenvalue weighted by Gasteiger charge is 2.17. The molecule has 0 aromatic carbocycles. The van der Waals surface area contributed by atoms with Crippen LogP contribution in [0.5, 0.6) is 0 Å². The second-order valence-electron chi connectivity index (χ2n) is 7.10. The first-order valence-corrected chi connectivity index (χ1v) is 12.1. The molecule has 8 heteroatoms. The summed E-state index contributed by atoms with van der Waals surface area (Å²) in [5, 5.41) is 9.41. The largest absolute Gasteiger partial charge is 0.469 e. The van der Waals surface area contributed by atoms with Gasteiger partial charge in [-0.2, -0.15) is 0 Å². The van der Waals surface area contributed by atoms with Crippen LogP contribution in [0.25, 0.3) is 0 Å². The minimum absolute atomic E-state index is 0.285. The minimum atomic E-state index is -4.62. The number of hydrogen-bond acceptors (Lipinski definition) is 5. The van der Waals surface area contributed by atoms with E-state index in [2.05, 4.69) is 23.6 Å². The quantitative estimate of drug-likeness (QED) is 0.120. The molecule has 0 aliphatic carbocycles. The van der Waals surface area contributed by atoms with Crippen molar-refractivity contribution in [3.8, 4) is 0 Å². The number of unbranched alkanes of at least 4 members (excludes halogenated alkanes) is 10. The Labute approximate surface area is 169 Å². The van der Waals surface area contributed by atoms with Crippen molar-refractivity contribution in [1.29, 1.82) is 0 Å². The maximum atomic E-state index is 11.5. The van der Waals surface area contributed by atoms with Gasteiger partial charge < -0.3 is 19.6 Å². The number of carbonyl (C=O) groups excluding carboxylic acids is 1. The van der Waals surface area contributed by atoms with Crippen molar-refractivity contribution in [2.24, 2.45) is 0 Å². The molecule has 28 heavy (non-hydrogen) atoms. The van der Waals surface area contributed by atoms with E-state index < -0.39 is 26.5 Å². The van der Waals surface area contributed by atoms with Crippen LogP contribution in [-0.2, 0) is 18.6 Å². The molecule has 0 saturated carbocycles. The lowest BCUT2D eigenvalue weighted by atomic mass is 10.1. The lowest BCUT2D eigenvalue weighted by Gasteiger charge is -2.12. The van der Waals surface area contributed by atoms with Gasteiger partial charge in [0.25, 0.3) is 0 Å². The van der Waals surface area contributed by atoms with Crippen LogP contribution in [-0.4, -0.2) is 40.2 Å². The van der Waals surface area contributed by atoms with Crippen molar-refractivity contribution < 1.29 is 33.5 Å². The van der Waals surface area contributed by atoms with Gasteiger partial charge in [0.1, 0.15) is 12.7 Å². The Balaban J connectivity index is 3.38. The van der Waals surface area contributed by atoms with Crippen molar-refractivity contribution in [3.05, 3.63) is 12.2 Å². The highest BCUT2D eigenvalue weighted by Crippen LogP contribution is 2.35. The molecule has 1 atom stereocenters. The molecule has 0 aromatic rings. The molecule has 3 N–H and O–H groups in total. The average molecular weight is 422 g/mol. The molecule has 0 spiro atoms. The van der Waals surface area contributed by atoms with Gasteiger partial charge in [-0.15, -0.1) is 0 Å². The van der Waals surface area contributed by atoms with Gasteiger partial charge in [0, 0.05) is 6.42 Å². The first-order chi connectivity index (χ1) is 13.3. The summed E-state index contributed by atoms with van der Waals surface area (Å²) in [5.74, 6) is -0.417. The summed E-state index contributed by atoms with van der Waals surface area (Å²) in [6.07, 6.45) is 17.6. The Bertz CT molecular complexity index is 448. The number of allylic oxidation sites excluding steroid dienone is 2. The third-order valence-corrected chi connectivity index (χ3v) is 4.75. The Morgan fingerprint density at radius 2 is 1.43 bits per heavy atom. The first kappa shape index (κ1) is 27.3. The lowest BCUT2D eigenvalue weighted by Crippen LogP contribution is -2.23. The van der Waals surface area contributed by atoms with Crippen molar-refractivity contribution in [1.82, 2.24) is 0 Å². The first-order valence-electron chi connectivity index (χ1n) is 10.5. The summed E-state index contributed by atoms with van der Waals surface area (Å²) < 4.78 is 19.5. The van der Waals surface area contributed by atoms with Crippen LogP contribution in [0.4, 0.5) is 0 Å². The maximum Gasteiger partial charge on any atom is 0.469 e. The van der Waals surface area contributed by atoms with E-state index in [0.29, 0.717) is 0 Å². The van der Waals surface area contributed by atoms with Crippen molar-refractivity contribution in [2.75, 3.05) is 13.2 Å². The maximum absolute atomic E-state index is 11.5. The van der Waals surface area contributed by atoms with Crippen LogP contribution >= 0.6 is 7.82 Å². The number of rotatable bonds is 19. The second-order valence-corrected chi connectivity index (χ2v) is 8.34. The number of hydrogen-bond donors (Lipinski definition) is 3. The second kappa shape index (κ2) is 18.3. The Kier molecular flexibility index (Phi) is 17.8. The van der Waals surface area contributed by atoms with Crippen molar-refractivity contribution in [2.45, 2.75) is 96.5 Å². The number of aliphatic hydroxyl groups is 1. The SMILES string of the molecule is CCCCCC/C=C\CCCCCCCCC(=O)OCC(O)COP(=O)(O)O. The van der Waals surface area contributed by atoms with Crippen LogP contribution < -0.4 is 0 Å². The van der Waals surface area contributed by atoms with Crippen LogP contribution in [0, 0.1) is 0 Å². The molecule has 0 fully saturated rings. The fraction of sp³-hybridized carbons (Fsp3) is 0.850. The third-order valence-electron chi connectivity index (χ3n) is 4.26. The molecule has 1 unspecified atom stereocenters. The predicted octanol–water partition coefficient (Wildman–Crippen LogP) is 4.65. The summed E-state index contributed by atoms with van der Waals surface area (Å²) in [6.45, 7) is 1.32. The van der Waals surface area contributed by atoms with E-state index in [-0.39, 0.29) is 13.0 Å². The van der Waals surface area contributed by atoms with E-state index in [4.69, 9.17) is 14.5 Å². The molecule has 0 rings (SSSR count). The third kappa shape index (κ3) is 21.6. The fourth-order valence-electron chi connectivity index (χ4n) is 2.66. The molecule has 7 nitrogen and oxygen atoms in total. The summed E-state index contributed by atoms with van der Waals surface area (Å²) in [6, 6.07) is 0. The van der Waals surface area contributed by atoms with Gasteiger partial charge in [-0.3, -0.25) is 9.32 Å². The number of esters is 1. The molecule has 0 amide bonds. The van der Waals surface area contributed by atoms with Crippen LogP contribution in [0.15, 0.2) is 12.2 Å². The van der Waals surface area contributed by atoms with Crippen molar-refractivity contribution in [3.63, 3.8) is 0 Å². The smallest absolute Gasteiger partial charge is 0.463 e. The summed E-state index contributed by atoms with van der Waals surface area (Å²) in [4.78, 5) is 28.5. The molecule has 0 radical (unpaired) electrons. The van der Waals surface area contributed by atoms with Gasteiger partial charge >= 0.3 is 13.8 Å². The van der Waals surface area contributed by atoms with E-state index in [1.807, 2.05) is 0 Å². The number of phosphoric ester groups is 1. The summed E-state index contributed by atoms with van der Waals surface area (Å²) in [7, 11) is -4.62. The lowest BCUT2D eigenvalue weighted by molar-refractivity contribution is -0.147. The van der Waals surface area contributed by atoms with E-state index in [0.717, 1.165) is 32.1 Å². The van der Waals surface area contributed by atoms with Gasteiger partial charge in [0.2, 0.25) is 0 Å². The molecular weight excluding hydrogens is 383 g/mol. The zero-order valence-corrected chi connectivity index (χ0v) is 18.2. The molecular formula is C20H39O7P. The van der Waals surface area contributed by atoms with E-state index >= 15 is 0 Å². The molecule has 0 aliphatic heterocycles. The molecule has 0 aliphatic rings. The monoisotopic (exact) mass is 422 g/mol. The van der Waals surface area contributed by atoms with Crippen LogP contribution in [0.2, 0.25) is 0 Å². The highest BCUT2D eigenvalue weighted by atomic mass is 31.2. The molecule has 0 bridgehead atoms. The van der Waals surface area contributed by atoms with Gasteiger partial charge in [0.05, 0.1) is 6.61 Å². The van der Waals surface area contributed by atoms with E-state index in [1.165, 1.54) is 44.9 Å². The number of aliphatic hydroxyl groups excluding tert-OH is 1. The Hall–Kier alpha value is -0.720. The van der Waals surface area contributed by atoms with Crippen LogP contribution in [0.3, 0.4) is 0 Å². The number of carbonyl (C=O) groups is 1. The van der Waals surface area contributed by atoms with E-state index in [9.17, 15) is 14.5 Å². The van der Waals surface area contributed by atoms with Gasteiger partial charge in [-0.05, 0) is 32.1 Å². The normalized spacial score (nSPS) is 13.1. The Morgan fingerprint density at radius 1 is 0.893 bits per heavy atom. The average Bonchev–Trinajstić information content (AvgIpc) is 2.64. The van der Waals surface area contributed by atoms with Gasteiger partial charge in [-0.1, -0.05) is 64.0 Å². The zero-order valence-electron chi connectivity index (χ0n) is 17.3. The molecule has 166 valence electrons. The summed E-state index contributed by atoms with van der Waals surface area (Å²) >= 11 is 0. The van der Waals surface area contributed by atoms with Crippen LogP contribution in [0.1, 0.15) is 90.4 Å². The number of ether oxygens (including phenoxy) is 1.